The highest BCUT2D eigenvalue weighted by Crippen LogP contribution is 2.36. The number of hydrogen-bond donors (Lipinski definition) is 0. The highest BCUT2D eigenvalue weighted by Gasteiger charge is 2.19. The van der Waals surface area contributed by atoms with E-state index in [9.17, 15) is 0 Å². The molecule has 3 heteroatoms. The highest BCUT2D eigenvalue weighted by atomic mass is 16.5. The normalized spacial score (nSPS) is 12.7. The van der Waals surface area contributed by atoms with Crippen molar-refractivity contribution >= 4 is 11.8 Å². The minimum absolute atomic E-state index is 0.581. The third-order valence-corrected chi connectivity index (χ3v) is 6.31. The van der Waals surface area contributed by atoms with Gasteiger partial charge < -0.3 is 14.4 Å². The van der Waals surface area contributed by atoms with Gasteiger partial charge in [-0.15, -0.1) is 0 Å². The van der Waals surface area contributed by atoms with Crippen LogP contribution in [0.1, 0.15) is 96.5 Å². The predicted octanol–water partition coefficient (Wildman–Crippen LogP) is 8.66. The Kier molecular flexibility index (Phi) is 12.1. The van der Waals surface area contributed by atoms with E-state index in [1.54, 1.807) is 7.11 Å². The molecule has 1 heterocycles. The fraction of sp³-hybridized carbons (Fsp3) is 0.586. The number of fused-ring (bicyclic) bond motifs is 1. The summed E-state index contributed by atoms with van der Waals surface area (Å²) in [6, 6.07) is 6.56. The molecule has 0 radical (unpaired) electrons. The quantitative estimate of drug-likeness (QED) is 0.179. The van der Waals surface area contributed by atoms with Crippen LogP contribution in [0.4, 0.5) is 5.69 Å². The van der Waals surface area contributed by atoms with Gasteiger partial charge in [-0.25, -0.2) is 0 Å². The Morgan fingerprint density at radius 1 is 0.875 bits per heavy atom. The Morgan fingerprint density at radius 2 is 1.44 bits per heavy atom. The number of unbranched alkanes of at least 4 members (excludes halogenated alkanes) is 10. The summed E-state index contributed by atoms with van der Waals surface area (Å²) in [5.74, 6) is 2.05. The molecule has 0 saturated carbocycles. The molecule has 32 heavy (non-hydrogen) atoms. The van der Waals surface area contributed by atoms with Crippen molar-refractivity contribution in [2.24, 2.45) is 0 Å². The zero-order chi connectivity index (χ0) is 23.2. The monoisotopic (exact) mass is 439 g/mol. The van der Waals surface area contributed by atoms with E-state index in [2.05, 4.69) is 56.2 Å². The lowest BCUT2D eigenvalue weighted by atomic mass is 10.0. The predicted molar refractivity (Wildman–Crippen MR) is 139 cm³/mol. The second-order valence-corrected chi connectivity index (χ2v) is 8.96. The molecule has 0 aromatic heterocycles. The molecule has 0 saturated heterocycles. The third-order valence-electron chi connectivity index (χ3n) is 6.31. The average molecular weight is 440 g/mol. The van der Waals surface area contributed by atoms with Crippen molar-refractivity contribution in [1.82, 2.24) is 0 Å². The average Bonchev–Trinajstić information content (AvgIpc) is 2.80. The van der Waals surface area contributed by atoms with Crippen LogP contribution in [0, 0.1) is 0 Å². The molecule has 2 rings (SSSR count). The molecule has 1 aliphatic heterocycles. The summed E-state index contributed by atoms with van der Waals surface area (Å²) in [5.41, 5.74) is 3.12. The summed E-state index contributed by atoms with van der Waals surface area (Å²) in [7, 11) is 1.62. The molecule has 0 N–H and O–H groups in total. The smallest absolute Gasteiger partial charge is 0.136 e. The SMILES string of the molecule is C=C(OC)C1=Cc2ccc(N(CCCCCCCC)CCCCCCCC)cc2OC1=C. The van der Waals surface area contributed by atoms with Crippen molar-refractivity contribution in [1.29, 1.82) is 0 Å². The molecule has 0 bridgehead atoms. The van der Waals surface area contributed by atoms with Crippen molar-refractivity contribution in [3.8, 4) is 5.75 Å². The summed E-state index contributed by atoms with van der Waals surface area (Å²) in [5, 5.41) is 0. The Labute approximate surface area is 197 Å². The molecular weight excluding hydrogens is 394 g/mol. The summed E-state index contributed by atoms with van der Waals surface area (Å²) < 4.78 is 11.4. The maximum Gasteiger partial charge on any atom is 0.136 e. The molecular formula is C29H45NO2. The van der Waals surface area contributed by atoms with E-state index in [0.717, 1.165) is 30.0 Å². The van der Waals surface area contributed by atoms with Crippen LogP contribution in [0.5, 0.6) is 5.75 Å². The minimum Gasteiger partial charge on any atom is -0.497 e. The first-order chi connectivity index (χ1) is 15.6. The van der Waals surface area contributed by atoms with Crippen LogP contribution < -0.4 is 9.64 Å². The molecule has 1 aliphatic rings. The summed E-state index contributed by atoms with van der Waals surface area (Å²) in [6.07, 6.45) is 18.0. The number of benzene rings is 1. The van der Waals surface area contributed by atoms with E-state index in [1.165, 1.54) is 82.7 Å². The second kappa shape index (κ2) is 14.8. The second-order valence-electron chi connectivity index (χ2n) is 8.96. The lowest BCUT2D eigenvalue weighted by Crippen LogP contribution is -2.26. The topological polar surface area (TPSA) is 21.7 Å². The van der Waals surface area contributed by atoms with E-state index in [0.29, 0.717) is 11.5 Å². The third kappa shape index (κ3) is 8.41. The number of anilines is 1. The molecule has 178 valence electrons. The number of hydrogen-bond acceptors (Lipinski definition) is 3. The van der Waals surface area contributed by atoms with Crippen LogP contribution in [-0.4, -0.2) is 20.2 Å². The lowest BCUT2D eigenvalue weighted by molar-refractivity contribution is 0.296. The zero-order valence-electron chi connectivity index (χ0n) is 20.9. The number of nitrogens with zero attached hydrogens (tertiary/aromatic N) is 1. The molecule has 1 aromatic rings. The van der Waals surface area contributed by atoms with Crippen LogP contribution >= 0.6 is 0 Å². The van der Waals surface area contributed by atoms with E-state index >= 15 is 0 Å². The van der Waals surface area contributed by atoms with Crippen LogP contribution in [-0.2, 0) is 4.74 Å². The molecule has 1 aromatic carbocycles. The van der Waals surface area contributed by atoms with E-state index in [1.807, 2.05) is 0 Å². The van der Waals surface area contributed by atoms with Crippen LogP contribution in [0.15, 0.2) is 48.4 Å². The number of rotatable bonds is 17. The molecule has 3 nitrogen and oxygen atoms in total. The first-order valence-electron chi connectivity index (χ1n) is 12.8. The van der Waals surface area contributed by atoms with Gasteiger partial charge in [-0.1, -0.05) is 91.2 Å². The van der Waals surface area contributed by atoms with Gasteiger partial charge in [-0.2, -0.15) is 0 Å². The van der Waals surface area contributed by atoms with Crippen molar-refractivity contribution in [3.05, 3.63) is 54.0 Å². The van der Waals surface area contributed by atoms with Gasteiger partial charge in [0, 0.05) is 30.4 Å². The Morgan fingerprint density at radius 3 is 2.00 bits per heavy atom. The van der Waals surface area contributed by atoms with E-state index < -0.39 is 0 Å². The molecule has 0 unspecified atom stereocenters. The first-order valence-corrected chi connectivity index (χ1v) is 12.8. The van der Waals surface area contributed by atoms with Gasteiger partial charge in [-0.3, -0.25) is 0 Å². The van der Waals surface area contributed by atoms with Crippen molar-refractivity contribution in [2.75, 3.05) is 25.1 Å². The van der Waals surface area contributed by atoms with E-state index in [4.69, 9.17) is 9.47 Å². The molecule has 0 atom stereocenters. The Hall–Kier alpha value is -2.16. The van der Waals surface area contributed by atoms with Gasteiger partial charge in [-0.05, 0) is 31.1 Å². The van der Waals surface area contributed by atoms with Gasteiger partial charge >= 0.3 is 0 Å². The molecule has 0 amide bonds. The minimum atomic E-state index is 0.581. The summed E-state index contributed by atoms with van der Waals surface area (Å²) in [6.45, 7) is 14.8. The van der Waals surface area contributed by atoms with Crippen molar-refractivity contribution < 1.29 is 9.47 Å². The number of methoxy groups -OCH3 is 1. The standard InChI is InChI=1S/C29H45NO2/c1-6-8-10-12-14-16-20-30(21-17-15-13-11-9-7-2)27-19-18-26-22-28(24(3)31-5)25(4)32-29(26)23-27/h18-19,22-23H,3-4,6-17,20-21H2,1-2,5H3. The van der Waals surface area contributed by atoms with E-state index in [-0.39, 0.29) is 0 Å². The van der Waals surface area contributed by atoms with Gasteiger partial charge in [0.15, 0.2) is 0 Å². The Balaban J connectivity index is 2.03. The maximum absolute atomic E-state index is 6.07. The van der Waals surface area contributed by atoms with Crippen LogP contribution in [0.2, 0.25) is 0 Å². The first kappa shape index (κ1) is 26.1. The maximum atomic E-state index is 6.07. The van der Waals surface area contributed by atoms with Crippen LogP contribution in [0.3, 0.4) is 0 Å². The molecule has 0 spiro atoms. The van der Waals surface area contributed by atoms with Crippen molar-refractivity contribution in [2.45, 2.75) is 90.9 Å². The van der Waals surface area contributed by atoms with Crippen LogP contribution in [0.25, 0.3) is 6.08 Å². The highest BCUT2D eigenvalue weighted by molar-refractivity contribution is 5.72. The Bertz CT molecular complexity index is 734. The fourth-order valence-electron chi connectivity index (χ4n) is 4.23. The largest absolute Gasteiger partial charge is 0.497 e. The van der Waals surface area contributed by atoms with Gasteiger partial charge in [0.1, 0.15) is 17.3 Å². The van der Waals surface area contributed by atoms with Gasteiger partial charge in [0.2, 0.25) is 0 Å². The molecule has 0 fully saturated rings. The van der Waals surface area contributed by atoms with Crippen molar-refractivity contribution in [3.63, 3.8) is 0 Å². The van der Waals surface area contributed by atoms with Gasteiger partial charge in [0.05, 0.1) is 12.7 Å². The fourth-order valence-corrected chi connectivity index (χ4v) is 4.23. The van der Waals surface area contributed by atoms with Gasteiger partial charge in [0.25, 0.3) is 0 Å². The summed E-state index contributed by atoms with van der Waals surface area (Å²) >= 11 is 0. The number of ether oxygens (including phenoxy) is 2. The summed E-state index contributed by atoms with van der Waals surface area (Å²) in [4.78, 5) is 2.55. The molecule has 0 aliphatic carbocycles. The lowest BCUT2D eigenvalue weighted by Gasteiger charge is -2.27. The zero-order valence-corrected chi connectivity index (χ0v) is 20.9.